The Bertz CT molecular complexity index is 738. The second kappa shape index (κ2) is 3.85. The molecule has 2 heteroatoms. The van der Waals surface area contributed by atoms with E-state index in [4.69, 9.17) is 0 Å². The van der Waals surface area contributed by atoms with Crippen LogP contribution in [-0.2, 0) is 6.42 Å². The fourth-order valence-electron chi connectivity index (χ4n) is 2.63. The van der Waals surface area contributed by atoms with Gasteiger partial charge >= 0.3 is 0 Å². The average molecular weight is 249 g/mol. The zero-order valence-corrected chi connectivity index (χ0v) is 10.6. The number of hydrogen-bond donors (Lipinski definition) is 0. The second-order valence-electron chi connectivity index (χ2n) is 4.58. The first-order valence-corrected chi connectivity index (χ1v) is 6.81. The van der Waals surface area contributed by atoms with Crippen molar-refractivity contribution in [1.29, 1.82) is 0 Å². The summed E-state index contributed by atoms with van der Waals surface area (Å²) in [4.78, 5) is 1.29. The van der Waals surface area contributed by atoms with Crippen molar-refractivity contribution in [2.75, 3.05) is 0 Å². The number of benzene rings is 2. The quantitative estimate of drug-likeness (QED) is 0.630. The molecule has 0 fully saturated rings. The largest absolute Gasteiger partial charge is 0.219 e. The van der Waals surface area contributed by atoms with E-state index in [-0.39, 0.29) is 0 Å². The van der Waals surface area contributed by atoms with Gasteiger partial charge in [0, 0.05) is 23.1 Å². The maximum absolute atomic E-state index is 4.24. The SMILES string of the molecule is C1=NSC2=Cc3ccc4ccccc4c3CC2=C1. The smallest absolute Gasteiger partial charge is 0.0358 e. The fourth-order valence-corrected chi connectivity index (χ4v) is 3.30. The van der Waals surface area contributed by atoms with Crippen molar-refractivity contribution in [3.8, 4) is 0 Å². The van der Waals surface area contributed by atoms with Crippen molar-refractivity contribution >= 4 is 35.0 Å². The molecule has 0 saturated carbocycles. The Morgan fingerprint density at radius 1 is 1.06 bits per heavy atom. The van der Waals surface area contributed by atoms with Gasteiger partial charge in [0.15, 0.2) is 0 Å². The maximum atomic E-state index is 4.24. The van der Waals surface area contributed by atoms with Crippen LogP contribution in [0.4, 0.5) is 0 Å². The standard InChI is InChI=1S/C16H11NS/c1-2-4-14-11(3-1)5-6-12-10-16-13(9-15(12)14)7-8-17-18-16/h1-8,10H,9H2. The van der Waals surface area contributed by atoms with Gasteiger partial charge in [0.25, 0.3) is 0 Å². The molecule has 0 bridgehead atoms. The van der Waals surface area contributed by atoms with E-state index < -0.39 is 0 Å². The van der Waals surface area contributed by atoms with E-state index in [1.165, 1.54) is 32.4 Å². The van der Waals surface area contributed by atoms with Crippen LogP contribution in [0.3, 0.4) is 0 Å². The van der Waals surface area contributed by atoms with Gasteiger partial charge in [0.2, 0.25) is 0 Å². The average Bonchev–Trinajstić information content (AvgIpc) is 2.45. The van der Waals surface area contributed by atoms with Crippen LogP contribution in [0.1, 0.15) is 11.1 Å². The molecule has 86 valence electrons. The highest BCUT2D eigenvalue weighted by atomic mass is 32.2. The van der Waals surface area contributed by atoms with E-state index in [1.54, 1.807) is 11.9 Å². The molecule has 1 aliphatic heterocycles. The van der Waals surface area contributed by atoms with Crippen LogP contribution in [0.2, 0.25) is 0 Å². The molecule has 2 aromatic rings. The number of hydrogen-bond acceptors (Lipinski definition) is 2. The summed E-state index contributed by atoms with van der Waals surface area (Å²) in [7, 11) is 0. The Labute approximate surface area is 110 Å². The lowest BCUT2D eigenvalue weighted by molar-refractivity contribution is 1.19. The molecule has 2 aromatic carbocycles. The highest BCUT2D eigenvalue weighted by molar-refractivity contribution is 8.02. The van der Waals surface area contributed by atoms with E-state index in [0.29, 0.717) is 0 Å². The molecular weight excluding hydrogens is 238 g/mol. The number of nitrogens with zero attached hydrogens (tertiary/aromatic N) is 1. The van der Waals surface area contributed by atoms with E-state index in [2.05, 4.69) is 52.9 Å². The molecule has 0 aromatic heterocycles. The maximum Gasteiger partial charge on any atom is 0.0358 e. The monoisotopic (exact) mass is 249 g/mol. The predicted octanol–water partition coefficient (Wildman–Crippen LogP) is 4.40. The fraction of sp³-hybridized carbons (Fsp3) is 0.0625. The lowest BCUT2D eigenvalue weighted by Gasteiger charge is -2.21. The molecule has 1 heterocycles. The van der Waals surface area contributed by atoms with Gasteiger partial charge in [-0.25, -0.2) is 4.40 Å². The lowest BCUT2D eigenvalue weighted by Crippen LogP contribution is -2.04. The summed E-state index contributed by atoms with van der Waals surface area (Å²) in [5, 5.41) is 2.70. The Hall–Kier alpha value is -1.80. The summed E-state index contributed by atoms with van der Waals surface area (Å²) >= 11 is 1.58. The molecule has 0 radical (unpaired) electrons. The van der Waals surface area contributed by atoms with Crippen LogP contribution >= 0.6 is 11.9 Å². The second-order valence-corrected chi connectivity index (χ2v) is 5.41. The normalized spacial score (nSPS) is 16.9. The Morgan fingerprint density at radius 2 is 2.00 bits per heavy atom. The van der Waals surface area contributed by atoms with E-state index in [1.807, 2.05) is 6.21 Å². The number of fused-ring (bicyclic) bond motifs is 4. The van der Waals surface area contributed by atoms with Crippen molar-refractivity contribution in [3.05, 3.63) is 64.1 Å². The topological polar surface area (TPSA) is 12.4 Å². The minimum atomic E-state index is 1.02. The molecule has 0 N–H and O–H groups in total. The summed E-state index contributed by atoms with van der Waals surface area (Å²) < 4.78 is 4.24. The highest BCUT2D eigenvalue weighted by Gasteiger charge is 2.18. The van der Waals surface area contributed by atoms with Crippen LogP contribution < -0.4 is 0 Å². The van der Waals surface area contributed by atoms with Gasteiger partial charge in [0.1, 0.15) is 0 Å². The lowest BCUT2D eigenvalue weighted by atomic mass is 9.89. The van der Waals surface area contributed by atoms with Gasteiger partial charge in [-0.3, -0.25) is 0 Å². The van der Waals surface area contributed by atoms with Crippen LogP contribution in [0.25, 0.3) is 16.8 Å². The molecule has 2 aliphatic rings. The van der Waals surface area contributed by atoms with E-state index in [0.717, 1.165) is 6.42 Å². The molecule has 0 spiro atoms. The van der Waals surface area contributed by atoms with Crippen molar-refractivity contribution in [1.82, 2.24) is 0 Å². The summed E-state index contributed by atoms with van der Waals surface area (Å²) in [5.41, 5.74) is 4.17. The Kier molecular flexibility index (Phi) is 2.17. The minimum Gasteiger partial charge on any atom is -0.219 e. The van der Waals surface area contributed by atoms with Gasteiger partial charge in [0.05, 0.1) is 0 Å². The van der Waals surface area contributed by atoms with Crippen LogP contribution in [0.15, 0.2) is 57.4 Å². The zero-order chi connectivity index (χ0) is 11.9. The Balaban J connectivity index is 2.01. The van der Waals surface area contributed by atoms with Gasteiger partial charge in [-0.15, -0.1) is 0 Å². The molecule has 4 rings (SSSR count). The van der Waals surface area contributed by atoms with Crippen molar-refractivity contribution in [2.45, 2.75) is 6.42 Å². The molecule has 1 nitrogen and oxygen atoms in total. The van der Waals surface area contributed by atoms with Gasteiger partial charge in [-0.05, 0) is 46.0 Å². The first kappa shape index (κ1) is 10.2. The molecule has 1 aliphatic carbocycles. The highest BCUT2D eigenvalue weighted by Crippen LogP contribution is 2.39. The van der Waals surface area contributed by atoms with Gasteiger partial charge < -0.3 is 0 Å². The molecule has 0 saturated heterocycles. The first-order valence-electron chi connectivity index (χ1n) is 6.04. The zero-order valence-electron chi connectivity index (χ0n) is 9.76. The van der Waals surface area contributed by atoms with Gasteiger partial charge in [-0.1, -0.05) is 36.4 Å². The van der Waals surface area contributed by atoms with E-state index in [9.17, 15) is 0 Å². The summed E-state index contributed by atoms with van der Waals surface area (Å²) in [6, 6.07) is 13.0. The van der Waals surface area contributed by atoms with Crippen LogP contribution in [0.5, 0.6) is 0 Å². The first-order chi connectivity index (χ1) is 8.92. The third kappa shape index (κ3) is 1.46. The van der Waals surface area contributed by atoms with E-state index >= 15 is 0 Å². The molecule has 0 unspecified atom stereocenters. The van der Waals surface area contributed by atoms with Crippen LogP contribution in [-0.4, -0.2) is 6.21 Å². The third-order valence-corrected chi connectivity index (χ3v) is 4.34. The van der Waals surface area contributed by atoms with Gasteiger partial charge in [-0.2, -0.15) is 0 Å². The molecule has 0 amide bonds. The summed E-state index contributed by atoms with van der Waals surface area (Å²) in [6.07, 6.45) is 7.31. The minimum absolute atomic E-state index is 1.02. The molecule has 0 atom stereocenters. The summed E-state index contributed by atoms with van der Waals surface area (Å²) in [5.74, 6) is 0. The molecule has 18 heavy (non-hydrogen) atoms. The van der Waals surface area contributed by atoms with Crippen molar-refractivity contribution in [2.24, 2.45) is 4.40 Å². The van der Waals surface area contributed by atoms with Crippen molar-refractivity contribution in [3.63, 3.8) is 0 Å². The predicted molar refractivity (Wildman–Crippen MR) is 79.8 cm³/mol. The van der Waals surface area contributed by atoms with Crippen molar-refractivity contribution < 1.29 is 0 Å². The number of allylic oxidation sites excluding steroid dienone is 2. The third-order valence-electron chi connectivity index (χ3n) is 3.53. The van der Waals surface area contributed by atoms with Crippen LogP contribution in [0, 0.1) is 0 Å². The Morgan fingerprint density at radius 3 is 3.00 bits per heavy atom. The molecular formula is C16H11NS. The summed E-state index contributed by atoms with van der Waals surface area (Å²) in [6.45, 7) is 0. The number of rotatable bonds is 0.